The van der Waals surface area contributed by atoms with E-state index in [1.807, 2.05) is 6.92 Å². The van der Waals surface area contributed by atoms with E-state index in [0.717, 1.165) is 12.1 Å². The number of aliphatic hydroxyl groups excluding tert-OH is 1. The number of carbonyl (C=O) groups excluding carboxylic acids is 1. The predicted molar refractivity (Wildman–Crippen MR) is 80.0 cm³/mol. The van der Waals surface area contributed by atoms with Gasteiger partial charge in [0.15, 0.2) is 0 Å². The number of nitrogens with one attached hydrogen (secondary N) is 1. The number of benzene rings is 1. The number of urea groups is 1. The van der Waals surface area contributed by atoms with Gasteiger partial charge in [0.05, 0.1) is 4.90 Å². The first kappa shape index (κ1) is 17.6. The summed E-state index contributed by atoms with van der Waals surface area (Å²) in [5, 5.41) is 11.8. The molecule has 2 N–H and O–H groups in total. The zero-order chi connectivity index (χ0) is 17.2. The molecule has 1 aromatic carbocycles. The summed E-state index contributed by atoms with van der Waals surface area (Å²) in [5.41, 5.74) is 0.309. The van der Waals surface area contributed by atoms with E-state index in [0.29, 0.717) is 18.8 Å². The van der Waals surface area contributed by atoms with Gasteiger partial charge in [-0.25, -0.2) is 13.2 Å². The van der Waals surface area contributed by atoms with Crippen LogP contribution >= 0.6 is 0 Å². The zero-order valence-corrected chi connectivity index (χ0v) is 13.3. The van der Waals surface area contributed by atoms with Gasteiger partial charge in [-0.15, -0.1) is 0 Å². The molecule has 1 aromatic rings. The smallest absolute Gasteiger partial charge is 0.341 e. The highest BCUT2D eigenvalue weighted by molar-refractivity contribution is 7.91. The Morgan fingerprint density at radius 1 is 1.35 bits per heavy atom. The fraction of sp³-hybridized carbons (Fsp3) is 0.500. The Balaban J connectivity index is 2.03. The number of anilines is 1. The Bertz CT molecular complexity index is 664. The number of amides is 2. The quantitative estimate of drug-likeness (QED) is 0.868. The third-order valence-electron chi connectivity index (χ3n) is 3.96. The third kappa shape index (κ3) is 3.78. The standard InChI is InChI=1S/C14H18F2N2O4S/c1-9-6-18(7-10(9)8-19)14(20)17-11-2-4-12(5-3-11)23(21,22)13(15)16/h2-5,9-10,13,19H,6-8H2,1H3,(H,17,20)/t9-,10+/m1/s1. The van der Waals surface area contributed by atoms with Crippen LogP contribution in [0.1, 0.15) is 6.92 Å². The molecule has 1 fully saturated rings. The fourth-order valence-electron chi connectivity index (χ4n) is 2.47. The number of halogens is 2. The molecular weight excluding hydrogens is 330 g/mol. The molecule has 1 heterocycles. The minimum Gasteiger partial charge on any atom is -0.396 e. The van der Waals surface area contributed by atoms with Gasteiger partial charge in [-0.2, -0.15) is 8.78 Å². The van der Waals surface area contributed by atoms with Gasteiger partial charge in [0.2, 0.25) is 9.84 Å². The number of carbonyl (C=O) groups is 1. The molecular formula is C14H18F2N2O4S. The van der Waals surface area contributed by atoms with Crippen LogP contribution in [0.4, 0.5) is 19.3 Å². The first-order valence-corrected chi connectivity index (χ1v) is 8.59. The number of alkyl halides is 2. The molecule has 0 bridgehead atoms. The number of aliphatic hydroxyl groups is 1. The third-order valence-corrected chi connectivity index (χ3v) is 5.36. The second-order valence-electron chi connectivity index (χ2n) is 5.59. The van der Waals surface area contributed by atoms with Crippen molar-refractivity contribution in [3.63, 3.8) is 0 Å². The van der Waals surface area contributed by atoms with Crippen molar-refractivity contribution in [3.05, 3.63) is 24.3 Å². The molecule has 1 aliphatic heterocycles. The first-order valence-electron chi connectivity index (χ1n) is 7.04. The van der Waals surface area contributed by atoms with Gasteiger partial charge >= 0.3 is 11.8 Å². The zero-order valence-electron chi connectivity index (χ0n) is 12.4. The first-order chi connectivity index (χ1) is 10.8. The molecule has 0 saturated carbocycles. The van der Waals surface area contributed by atoms with Crippen LogP contribution in [0.15, 0.2) is 29.2 Å². The van der Waals surface area contributed by atoms with E-state index in [1.165, 1.54) is 12.1 Å². The van der Waals surface area contributed by atoms with E-state index in [2.05, 4.69) is 5.32 Å². The summed E-state index contributed by atoms with van der Waals surface area (Å²) in [7, 11) is -4.64. The second kappa shape index (κ2) is 6.79. The van der Waals surface area contributed by atoms with Crippen molar-refractivity contribution in [3.8, 4) is 0 Å². The lowest BCUT2D eigenvalue weighted by Gasteiger charge is -2.17. The summed E-state index contributed by atoms with van der Waals surface area (Å²) in [6, 6.07) is 4.20. The van der Waals surface area contributed by atoms with Crippen molar-refractivity contribution in [1.29, 1.82) is 0 Å². The summed E-state index contributed by atoms with van der Waals surface area (Å²) in [6.07, 6.45) is 0. The van der Waals surface area contributed by atoms with Gasteiger partial charge in [0, 0.05) is 31.3 Å². The molecule has 128 valence electrons. The largest absolute Gasteiger partial charge is 0.396 e. The Kier molecular flexibility index (Phi) is 5.20. The van der Waals surface area contributed by atoms with Crippen molar-refractivity contribution in [2.45, 2.75) is 17.6 Å². The molecule has 0 aromatic heterocycles. The lowest BCUT2D eigenvalue weighted by molar-refractivity contribution is 0.202. The van der Waals surface area contributed by atoms with Crippen LogP contribution in [0.2, 0.25) is 0 Å². The van der Waals surface area contributed by atoms with Crippen LogP contribution in [0.25, 0.3) is 0 Å². The summed E-state index contributed by atoms with van der Waals surface area (Å²) in [4.78, 5) is 13.2. The minimum absolute atomic E-state index is 0.00509. The van der Waals surface area contributed by atoms with E-state index in [4.69, 9.17) is 0 Å². The lowest BCUT2D eigenvalue weighted by Crippen LogP contribution is -2.33. The molecule has 1 aliphatic rings. The number of hydrogen-bond acceptors (Lipinski definition) is 4. The number of likely N-dealkylation sites (tertiary alicyclic amines) is 1. The van der Waals surface area contributed by atoms with E-state index < -0.39 is 20.5 Å². The Hall–Kier alpha value is -1.74. The highest BCUT2D eigenvalue weighted by Gasteiger charge is 2.32. The maximum absolute atomic E-state index is 12.4. The minimum atomic E-state index is -4.64. The van der Waals surface area contributed by atoms with Gasteiger partial charge in [-0.1, -0.05) is 6.92 Å². The Morgan fingerprint density at radius 3 is 2.43 bits per heavy atom. The van der Waals surface area contributed by atoms with Crippen LogP contribution in [0.3, 0.4) is 0 Å². The van der Waals surface area contributed by atoms with Crippen molar-refractivity contribution in [1.82, 2.24) is 4.90 Å². The average molecular weight is 348 g/mol. The van der Waals surface area contributed by atoms with Gasteiger partial charge < -0.3 is 15.3 Å². The van der Waals surface area contributed by atoms with Crippen molar-refractivity contribution < 1.29 is 27.1 Å². The highest BCUT2D eigenvalue weighted by atomic mass is 32.2. The van der Waals surface area contributed by atoms with Crippen LogP contribution in [-0.2, 0) is 9.84 Å². The molecule has 2 atom stereocenters. The van der Waals surface area contributed by atoms with E-state index >= 15 is 0 Å². The maximum Gasteiger partial charge on any atom is 0.341 e. The van der Waals surface area contributed by atoms with Crippen molar-refractivity contribution >= 4 is 21.6 Å². The summed E-state index contributed by atoms with van der Waals surface area (Å²) >= 11 is 0. The Labute approximate surface area is 133 Å². The molecule has 0 spiro atoms. The van der Waals surface area contributed by atoms with Crippen LogP contribution < -0.4 is 5.32 Å². The average Bonchev–Trinajstić information content (AvgIpc) is 2.89. The van der Waals surface area contributed by atoms with Gasteiger partial charge in [-0.3, -0.25) is 0 Å². The van der Waals surface area contributed by atoms with Crippen LogP contribution in [-0.4, -0.2) is 49.9 Å². The number of rotatable bonds is 4. The highest BCUT2D eigenvalue weighted by Crippen LogP contribution is 2.24. The monoisotopic (exact) mass is 348 g/mol. The Morgan fingerprint density at radius 2 is 1.96 bits per heavy atom. The van der Waals surface area contributed by atoms with Crippen LogP contribution in [0.5, 0.6) is 0 Å². The van der Waals surface area contributed by atoms with Gasteiger partial charge in [0.25, 0.3) is 0 Å². The lowest BCUT2D eigenvalue weighted by atomic mass is 10.00. The molecule has 23 heavy (non-hydrogen) atoms. The topological polar surface area (TPSA) is 86.7 Å². The molecule has 0 unspecified atom stereocenters. The van der Waals surface area contributed by atoms with E-state index in [9.17, 15) is 27.1 Å². The predicted octanol–water partition coefficient (Wildman–Crippen LogP) is 1.77. The van der Waals surface area contributed by atoms with E-state index in [-0.39, 0.29) is 24.5 Å². The molecule has 9 heteroatoms. The molecule has 2 amide bonds. The summed E-state index contributed by atoms with van der Waals surface area (Å²) in [5.74, 6) is -3.27. The summed E-state index contributed by atoms with van der Waals surface area (Å²) in [6.45, 7) is 2.89. The molecule has 2 rings (SSSR count). The normalized spacial score (nSPS) is 21.7. The molecule has 6 nitrogen and oxygen atoms in total. The fourth-order valence-corrected chi connectivity index (χ4v) is 3.19. The van der Waals surface area contributed by atoms with Crippen LogP contribution in [0, 0.1) is 11.8 Å². The molecule has 1 saturated heterocycles. The van der Waals surface area contributed by atoms with Crippen molar-refractivity contribution in [2.75, 3.05) is 25.0 Å². The molecule has 0 aliphatic carbocycles. The molecule has 0 radical (unpaired) electrons. The number of hydrogen-bond donors (Lipinski definition) is 2. The van der Waals surface area contributed by atoms with Gasteiger partial charge in [-0.05, 0) is 30.2 Å². The van der Waals surface area contributed by atoms with Crippen molar-refractivity contribution in [2.24, 2.45) is 11.8 Å². The SMILES string of the molecule is C[C@@H]1CN(C(=O)Nc2ccc(S(=O)(=O)C(F)F)cc2)C[C@H]1CO. The number of sulfone groups is 1. The van der Waals surface area contributed by atoms with E-state index in [1.54, 1.807) is 4.90 Å². The second-order valence-corrected chi connectivity index (χ2v) is 7.50. The van der Waals surface area contributed by atoms with Gasteiger partial charge in [0.1, 0.15) is 0 Å². The summed E-state index contributed by atoms with van der Waals surface area (Å²) < 4.78 is 47.5. The number of nitrogens with zero attached hydrogens (tertiary/aromatic N) is 1. The maximum atomic E-state index is 12.4.